The van der Waals surface area contributed by atoms with Gasteiger partial charge in [0.2, 0.25) is 0 Å². The summed E-state index contributed by atoms with van der Waals surface area (Å²) in [7, 11) is 0. The van der Waals surface area contributed by atoms with Gasteiger partial charge in [-0.1, -0.05) is 127 Å². The Morgan fingerprint density at radius 2 is 1.12 bits per heavy atom. The molecule has 268 valence electrons. The van der Waals surface area contributed by atoms with Gasteiger partial charge in [-0.2, -0.15) is 0 Å². The number of anilines is 3. The van der Waals surface area contributed by atoms with Crippen LogP contribution in [0, 0.1) is 0 Å². The number of nitrogens with zero attached hydrogens (tertiary/aromatic N) is 4. The zero-order valence-corrected chi connectivity index (χ0v) is 31.4. The second-order valence-electron chi connectivity index (χ2n) is 14.1. The summed E-state index contributed by atoms with van der Waals surface area (Å²) in [5.74, 6) is 0. The van der Waals surface area contributed by atoms with Crippen LogP contribution in [0.2, 0.25) is 0 Å². The summed E-state index contributed by atoms with van der Waals surface area (Å²) in [6, 6.07) is 63.0. The molecule has 0 amide bonds. The van der Waals surface area contributed by atoms with E-state index in [1.54, 1.807) is 17.5 Å². The lowest BCUT2D eigenvalue weighted by molar-refractivity contribution is 1.07. The van der Waals surface area contributed by atoms with Gasteiger partial charge in [-0.3, -0.25) is 19.3 Å². The first-order chi connectivity index (χ1) is 28.2. The van der Waals surface area contributed by atoms with E-state index in [-0.39, 0.29) is 5.56 Å². The molecule has 4 aromatic heterocycles. The monoisotopic (exact) mass is 748 g/mol. The SMILES string of the molecule is O=c1c2sc(-c3ccccc3)cc2c2cccc3c2n1-c1ccccc1-c1cc(-c2ccccc2)ccc1N(c1ccc(-c2ccccn2)nc1)c1ccccc1-3. The number of hydrogen-bond acceptors (Lipinski definition) is 5. The van der Waals surface area contributed by atoms with E-state index in [4.69, 9.17) is 4.98 Å². The zero-order chi connectivity index (χ0) is 37.9. The fourth-order valence-corrected chi connectivity index (χ4v) is 9.40. The summed E-state index contributed by atoms with van der Waals surface area (Å²) in [6.45, 7) is 0. The summed E-state index contributed by atoms with van der Waals surface area (Å²) < 4.78 is 2.71. The standard InChI is InChI=1S/C51H32N4OS/c56-51-50-42(31-48(57-50)34-16-5-2-6-17-34)40-21-13-20-39-37-18-7-9-23-45(37)54(36-26-27-44(53-32-36)43-22-11-12-29-52-43)47-28-25-35(33-14-3-1-4-15-33)30-41(47)38-19-8-10-24-46(38)55(51)49(39)40/h1-32H. The molecule has 6 aromatic carbocycles. The first kappa shape index (κ1) is 33.0. The van der Waals surface area contributed by atoms with Crippen LogP contribution in [0.3, 0.4) is 0 Å². The highest BCUT2D eigenvalue weighted by molar-refractivity contribution is 7.22. The first-order valence-corrected chi connectivity index (χ1v) is 19.8. The normalized spacial score (nSPS) is 11.9. The molecule has 0 atom stereocenters. The third-order valence-electron chi connectivity index (χ3n) is 10.9. The van der Waals surface area contributed by atoms with Crippen LogP contribution in [0.25, 0.3) is 81.9 Å². The minimum absolute atomic E-state index is 0.0328. The molecule has 6 heteroatoms. The van der Waals surface area contributed by atoms with E-state index in [1.165, 1.54) is 0 Å². The van der Waals surface area contributed by atoms with Crippen molar-refractivity contribution in [2.45, 2.75) is 0 Å². The van der Waals surface area contributed by atoms with Crippen molar-refractivity contribution in [1.29, 1.82) is 0 Å². The predicted octanol–water partition coefficient (Wildman–Crippen LogP) is 13.1. The maximum atomic E-state index is 15.3. The zero-order valence-electron chi connectivity index (χ0n) is 30.6. The lowest BCUT2D eigenvalue weighted by Gasteiger charge is -2.32. The Bertz CT molecular complexity index is 3190. The van der Waals surface area contributed by atoms with Gasteiger partial charge in [0, 0.05) is 44.1 Å². The molecule has 0 saturated carbocycles. The van der Waals surface area contributed by atoms with Crippen LogP contribution in [0.1, 0.15) is 0 Å². The molecule has 11 rings (SSSR count). The highest BCUT2D eigenvalue weighted by atomic mass is 32.1. The van der Waals surface area contributed by atoms with Crippen LogP contribution in [-0.4, -0.2) is 14.5 Å². The number of hydrogen-bond donors (Lipinski definition) is 0. The Morgan fingerprint density at radius 1 is 0.456 bits per heavy atom. The van der Waals surface area contributed by atoms with Gasteiger partial charge in [-0.25, -0.2) is 0 Å². The van der Waals surface area contributed by atoms with E-state index in [0.717, 1.165) is 98.9 Å². The van der Waals surface area contributed by atoms with E-state index < -0.39 is 0 Å². The summed E-state index contributed by atoms with van der Waals surface area (Å²) in [5.41, 5.74) is 13.3. The third kappa shape index (κ3) is 5.41. The molecular formula is C51H32N4OS. The molecule has 0 spiro atoms. The molecule has 5 nitrogen and oxygen atoms in total. The number of thiophene rings is 1. The largest absolute Gasteiger partial charge is 0.308 e. The molecule has 0 N–H and O–H groups in total. The van der Waals surface area contributed by atoms with Gasteiger partial charge in [-0.15, -0.1) is 11.3 Å². The van der Waals surface area contributed by atoms with Crippen molar-refractivity contribution in [3.05, 3.63) is 205 Å². The van der Waals surface area contributed by atoms with Crippen molar-refractivity contribution in [2.24, 2.45) is 0 Å². The van der Waals surface area contributed by atoms with Crippen molar-refractivity contribution in [3.63, 3.8) is 0 Å². The highest BCUT2D eigenvalue weighted by Gasteiger charge is 2.28. The molecule has 0 saturated heterocycles. The Kier molecular flexibility index (Phi) is 7.76. The Morgan fingerprint density at radius 3 is 1.88 bits per heavy atom. The molecule has 1 aliphatic rings. The number of aromatic nitrogens is 3. The molecule has 0 aliphatic carbocycles. The predicted molar refractivity (Wildman–Crippen MR) is 236 cm³/mol. The summed E-state index contributed by atoms with van der Waals surface area (Å²) in [6.07, 6.45) is 3.73. The average Bonchev–Trinajstić information content (AvgIpc) is 3.75. The Hall–Kier alpha value is -7.41. The molecule has 57 heavy (non-hydrogen) atoms. The highest BCUT2D eigenvalue weighted by Crippen LogP contribution is 2.50. The molecule has 10 aromatic rings. The second kappa shape index (κ2) is 13.4. The van der Waals surface area contributed by atoms with E-state index in [2.05, 4.69) is 137 Å². The fraction of sp³-hybridized carbons (Fsp3) is 0. The summed E-state index contributed by atoms with van der Waals surface area (Å²) in [4.78, 5) is 28.2. The molecule has 5 heterocycles. The maximum absolute atomic E-state index is 15.3. The fourth-order valence-electron chi connectivity index (χ4n) is 8.29. The Labute approximate surface area is 333 Å². The Balaban J connectivity index is 1.27. The molecule has 0 unspecified atom stereocenters. The smallest absolute Gasteiger partial charge is 0.273 e. The lowest BCUT2D eigenvalue weighted by atomic mass is 9.92. The number of para-hydroxylation sites is 3. The van der Waals surface area contributed by atoms with E-state index in [1.807, 2.05) is 65.4 Å². The molecular weight excluding hydrogens is 717 g/mol. The van der Waals surface area contributed by atoms with Gasteiger partial charge in [0.15, 0.2) is 0 Å². The number of benzene rings is 6. The first-order valence-electron chi connectivity index (χ1n) is 18.9. The van der Waals surface area contributed by atoms with Gasteiger partial charge in [-0.05, 0) is 71.3 Å². The van der Waals surface area contributed by atoms with Gasteiger partial charge in [0.25, 0.3) is 5.56 Å². The van der Waals surface area contributed by atoms with E-state index in [0.29, 0.717) is 0 Å². The van der Waals surface area contributed by atoms with Crippen LogP contribution in [0.5, 0.6) is 0 Å². The van der Waals surface area contributed by atoms with Crippen LogP contribution < -0.4 is 10.5 Å². The van der Waals surface area contributed by atoms with Crippen molar-refractivity contribution < 1.29 is 0 Å². The number of rotatable bonds is 4. The minimum Gasteiger partial charge on any atom is -0.308 e. The lowest BCUT2D eigenvalue weighted by Crippen LogP contribution is -2.21. The third-order valence-corrected chi connectivity index (χ3v) is 12.1. The van der Waals surface area contributed by atoms with Crippen molar-refractivity contribution in [1.82, 2.24) is 14.5 Å². The maximum Gasteiger partial charge on any atom is 0.273 e. The topological polar surface area (TPSA) is 51.0 Å². The van der Waals surface area contributed by atoms with Crippen LogP contribution in [0.15, 0.2) is 199 Å². The van der Waals surface area contributed by atoms with Gasteiger partial charge in [0.1, 0.15) is 4.70 Å². The van der Waals surface area contributed by atoms with E-state index in [9.17, 15) is 0 Å². The molecule has 1 aliphatic heterocycles. The summed E-state index contributed by atoms with van der Waals surface area (Å²) >= 11 is 1.56. The quantitative estimate of drug-likeness (QED) is 0.180. The summed E-state index contributed by atoms with van der Waals surface area (Å²) in [5, 5.41) is 1.99. The van der Waals surface area contributed by atoms with Gasteiger partial charge < -0.3 is 4.90 Å². The van der Waals surface area contributed by atoms with Crippen molar-refractivity contribution in [2.75, 3.05) is 4.90 Å². The van der Waals surface area contributed by atoms with Crippen LogP contribution >= 0.6 is 11.3 Å². The number of fused-ring (bicyclic) bond motifs is 8. The van der Waals surface area contributed by atoms with Crippen molar-refractivity contribution >= 4 is 49.4 Å². The van der Waals surface area contributed by atoms with Crippen LogP contribution in [0.4, 0.5) is 17.1 Å². The average molecular weight is 749 g/mol. The number of pyridine rings is 3. The minimum atomic E-state index is -0.0328. The van der Waals surface area contributed by atoms with Crippen molar-refractivity contribution in [3.8, 4) is 60.9 Å². The van der Waals surface area contributed by atoms with E-state index >= 15 is 4.79 Å². The second-order valence-corrected chi connectivity index (χ2v) is 15.2. The van der Waals surface area contributed by atoms with Gasteiger partial charge in [0.05, 0.1) is 45.9 Å². The molecule has 0 bridgehead atoms. The molecule has 0 fully saturated rings. The van der Waals surface area contributed by atoms with Gasteiger partial charge >= 0.3 is 0 Å². The molecule has 0 radical (unpaired) electrons. The van der Waals surface area contributed by atoms with Crippen LogP contribution in [-0.2, 0) is 0 Å².